The molecule has 0 bridgehead atoms. The third kappa shape index (κ3) is 2.95. The number of hydrogen-bond donors (Lipinski definition) is 1. The Kier molecular flexibility index (Phi) is 3.91. The fraction of sp³-hybridized carbons (Fsp3) is 0.364. The van der Waals surface area contributed by atoms with Gasteiger partial charge in [0.1, 0.15) is 0 Å². The predicted octanol–water partition coefficient (Wildman–Crippen LogP) is 3.36. The molecule has 5 heteroatoms. The van der Waals surface area contributed by atoms with E-state index in [1.807, 2.05) is 0 Å². The molecule has 0 spiro atoms. The first-order chi connectivity index (χ1) is 7.34. The van der Waals surface area contributed by atoms with E-state index in [-0.39, 0.29) is 0 Å². The third-order valence-electron chi connectivity index (χ3n) is 2.34. The summed E-state index contributed by atoms with van der Waals surface area (Å²) in [6.07, 6.45) is 0. The lowest BCUT2D eigenvalue weighted by Crippen LogP contribution is -2.28. The quantitative estimate of drug-likeness (QED) is 0.828. The van der Waals surface area contributed by atoms with Crippen molar-refractivity contribution < 1.29 is 18.7 Å². The Labute approximate surface area is 96.7 Å². The van der Waals surface area contributed by atoms with Crippen molar-refractivity contribution in [2.24, 2.45) is 0 Å². The molecule has 0 saturated carbocycles. The second-order valence-corrected chi connectivity index (χ2v) is 4.90. The molecule has 0 saturated heterocycles. The zero-order valence-electron chi connectivity index (χ0n) is 8.91. The van der Waals surface area contributed by atoms with Gasteiger partial charge < -0.3 is 5.11 Å². The van der Waals surface area contributed by atoms with Gasteiger partial charge in [0.25, 0.3) is 5.76 Å². The third-order valence-corrected chi connectivity index (χ3v) is 3.06. The predicted molar refractivity (Wildman–Crippen MR) is 59.0 cm³/mol. The average molecular weight is 246 g/mol. The average Bonchev–Trinajstić information content (AvgIpc) is 2.17. The van der Waals surface area contributed by atoms with Crippen molar-refractivity contribution in [2.45, 2.75) is 29.9 Å². The second kappa shape index (κ2) is 4.82. The van der Waals surface area contributed by atoms with Crippen LogP contribution >= 0.6 is 11.8 Å². The van der Waals surface area contributed by atoms with Crippen LogP contribution in [0.4, 0.5) is 8.78 Å². The maximum Gasteiger partial charge on any atom is 0.313 e. The molecule has 2 nitrogen and oxygen atoms in total. The lowest BCUT2D eigenvalue weighted by Gasteiger charge is -2.19. The van der Waals surface area contributed by atoms with E-state index in [0.29, 0.717) is 22.2 Å². The molecular weight excluding hydrogens is 234 g/mol. The highest BCUT2D eigenvalue weighted by Gasteiger charge is 2.29. The van der Waals surface area contributed by atoms with Crippen LogP contribution in [0.2, 0.25) is 0 Å². The number of carboxylic acids is 1. The minimum Gasteiger partial charge on any atom is -0.481 e. The van der Waals surface area contributed by atoms with Crippen molar-refractivity contribution in [1.29, 1.82) is 0 Å². The summed E-state index contributed by atoms with van der Waals surface area (Å²) < 4.78 is 24.1. The van der Waals surface area contributed by atoms with Crippen LogP contribution in [0, 0.1) is 0 Å². The van der Waals surface area contributed by atoms with Crippen LogP contribution in [-0.2, 0) is 10.2 Å². The van der Waals surface area contributed by atoms with Gasteiger partial charge in [0.2, 0.25) is 0 Å². The molecule has 0 amide bonds. The highest BCUT2D eigenvalue weighted by atomic mass is 32.2. The molecule has 0 unspecified atom stereocenters. The first-order valence-corrected chi connectivity index (χ1v) is 5.51. The van der Waals surface area contributed by atoms with Gasteiger partial charge in [-0.25, -0.2) is 0 Å². The van der Waals surface area contributed by atoms with Gasteiger partial charge in [-0.1, -0.05) is 23.9 Å². The number of halogens is 2. The highest BCUT2D eigenvalue weighted by molar-refractivity contribution is 7.99. The van der Waals surface area contributed by atoms with Crippen LogP contribution in [0.3, 0.4) is 0 Å². The maximum atomic E-state index is 12.1. The first-order valence-electron chi connectivity index (χ1n) is 4.63. The van der Waals surface area contributed by atoms with Gasteiger partial charge in [0.15, 0.2) is 0 Å². The van der Waals surface area contributed by atoms with Crippen molar-refractivity contribution in [3.8, 4) is 0 Å². The smallest absolute Gasteiger partial charge is 0.313 e. The lowest BCUT2D eigenvalue weighted by molar-refractivity contribution is -0.142. The van der Waals surface area contributed by atoms with Crippen molar-refractivity contribution in [3.63, 3.8) is 0 Å². The standard InChI is InChI=1S/C11H12F2O2S/c1-11(2,9(14)15)7-3-5-8(6-4-7)16-10(12)13/h3-6,10H,1-2H3,(H,14,15). The van der Waals surface area contributed by atoms with Crippen LogP contribution in [0.25, 0.3) is 0 Å². The number of carboxylic acid groups (broad SMARTS) is 1. The minimum absolute atomic E-state index is 0.430. The van der Waals surface area contributed by atoms with Gasteiger partial charge in [0, 0.05) is 4.90 Å². The zero-order chi connectivity index (χ0) is 12.3. The molecule has 0 heterocycles. The van der Waals surface area contributed by atoms with Crippen LogP contribution in [0.1, 0.15) is 19.4 Å². The molecule has 0 aliphatic carbocycles. The van der Waals surface area contributed by atoms with Crippen molar-refractivity contribution in [2.75, 3.05) is 0 Å². The van der Waals surface area contributed by atoms with E-state index >= 15 is 0 Å². The molecule has 88 valence electrons. The van der Waals surface area contributed by atoms with E-state index in [1.54, 1.807) is 26.0 Å². The maximum absolute atomic E-state index is 12.1. The summed E-state index contributed by atoms with van der Waals surface area (Å²) >= 11 is 0.445. The summed E-state index contributed by atoms with van der Waals surface area (Å²) in [7, 11) is 0. The Bertz CT molecular complexity index is 374. The Balaban J connectivity index is 2.91. The fourth-order valence-corrected chi connectivity index (χ4v) is 1.68. The summed E-state index contributed by atoms with van der Waals surface area (Å²) in [5, 5.41) is 8.98. The molecule has 1 aromatic rings. The Morgan fingerprint density at radius 2 is 1.81 bits per heavy atom. The van der Waals surface area contributed by atoms with Crippen molar-refractivity contribution in [3.05, 3.63) is 29.8 Å². The van der Waals surface area contributed by atoms with Gasteiger partial charge in [-0.15, -0.1) is 0 Å². The largest absolute Gasteiger partial charge is 0.481 e. The Morgan fingerprint density at radius 3 is 2.19 bits per heavy atom. The van der Waals surface area contributed by atoms with E-state index in [1.165, 1.54) is 12.1 Å². The molecule has 0 radical (unpaired) electrons. The molecule has 0 fully saturated rings. The van der Waals surface area contributed by atoms with Crippen LogP contribution in [0.15, 0.2) is 29.2 Å². The fourth-order valence-electron chi connectivity index (χ4n) is 1.18. The van der Waals surface area contributed by atoms with Crippen molar-refractivity contribution in [1.82, 2.24) is 0 Å². The summed E-state index contributed by atoms with van der Waals surface area (Å²) in [6, 6.07) is 6.16. The molecule has 1 aromatic carbocycles. The number of carbonyl (C=O) groups is 1. The van der Waals surface area contributed by atoms with Gasteiger partial charge in [0.05, 0.1) is 5.41 Å². The van der Waals surface area contributed by atoms with E-state index in [9.17, 15) is 13.6 Å². The van der Waals surface area contributed by atoms with Gasteiger partial charge in [-0.2, -0.15) is 8.78 Å². The number of aliphatic carboxylic acids is 1. The van der Waals surface area contributed by atoms with E-state index in [0.717, 1.165) is 0 Å². The van der Waals surface area contributed by atoms with Crippen LogP contribution in [0.5, 0.6) is 0 Å². The second-order valence-electron chi connectivity index (χ2n) is 3.83. The minimum atomic E-state index is -2.46. The summed E-state index contributed by atoms with van der Waals surface area (Å²) in [4.78, 5) is 11.4. The summed E-state index contributed by atoms with van der Waals surface area (Å²) in [5.74, 6) is -3.40. The number of thioether (sulfide) groups is 1. The number of alkyl halides is 2. The SMILES string of the molecule is CC(C)(C(=O)O)c1ccc(SC(F)F)cc1. The van der Waals surface area contributed by atoms with E-state index in [2.05, 4.69) is 0 Å². The van der Waals surface area contributed by atoms with Crippen molar-refractivity contribution >= 4 is 17.7 Å². The molecule has 0 aliphatic heterocycles. The van der Waals surface area contributed by atoms with Gasteiger partial charge >= 0.3 is 5.97 Å². The summed E-state index contributed by atoms with van der Waals surface area (Å²) in [6.45, 7) is 3.15. The molecule has 0 aliphatic rings. The Hall–Kier alpha value is -1.10. The first kappa shape index (κ1) is 13.0. The Morgan fingerprint density at radius 1 is 1.31 bits per heavy atom. The molecule has 0 aromatic heterocycles. The van der Waals surface area contributed by atoms with Gasteiger partial charge in [-0.3, -0.25) is 4.79 Å². The monoisotopic (exact) mass is 246 g/mol. The number of benzene rings is 1. The molecular formula is C11H12F2O2S. The lowest BCUT2D eigenvalue weighted by atomic mass is 9.85. The molecule has 1 N–H and O–H groups in total. The topological polar surface area (TPSA) is 37.3 Å². The highest BCUT2D eigenvalue weighted by Crippen LogP contribution is 2.29. The normalized spacial score (nSPS) is 11.8. The molecule has 1 rings (SSSR count). The van der Waals surface area contributed by atoms with E-state index in [4.69, 9.17) is 5.11 Å². The van der Waals surface area contributed by atoms with Gasteiger partial charge in [-0.05, 0) is 31.5 Å². The molecule has 0 atom stereocenters. The van der Waals surface area contributed by atoms with E-state index < -0.39 is 17.1 Å². The molecule has 16 heavy (non-hydrogen) atoms. The van der Waals surface area contributed by atoms with Crippen LogP contribution < -0.4 is 0 Å². The number of rotatable bonds is 4. The van der Waals surface area contributed by atoms with Crippen LogP contribution in [-0.4, -0.2) is 16.8 Å². The number of hydrogen-bond acceptors (Lipinski definition) is 2. The summed E-state index contributed by atoms with van der Waals surface area (Å²) in [5.41, 5.74) is -0.410. The zero-order valence-corrected chi connectivity index (χ0v) is 9.72.